The van der Waals surface area contributed by atoms with E-state index in [1.165, 1.54) is 11.8 Å². The predicted molar refractivity (Wildman–Crippen MR) is 70.2 cm³/mol. The molecular weight excluding hydrogens is 258 g/mol. The number of nitrogen functional groups attached to an aromatic ring is 1. The second-order valence-corrected chi connectivity index (χ2v) is 4.96. The molecule has 0 radical (unpaired) electrons. The number of nitrogens with zero attached hydrogens (tertiary/aromatic N) is 1. The number of carbonyl (C=O) groups is 2. The molecule has 1 fully saturated rings. The average molecular weight is 267 g/mol. The van der Waals surface area contributed by atoms with Gasteiger partial charge in [-0.3, -0.25) is 15.0 Å². The van der Waals surface area contributed by atoms with Crippen LogP contribution < -0.4 is 11.2 Å². The van der Waals surface area contributed by atoms with Crippen molar-refractivity contribution in [1.29, 1.82) is 0 Å². The minimum atomic E-state index is -0.386. The fourth-order valence-electron chi connectivity index (χ4n) is 1.26. The number of amides is 2. The number of nitrogens with one attached hydrogen (secondary N) is 1. The Kier molecular flexibility index (Phi) is 3.30. The lowest BCUT2D eigenvalue weighted by Crippen LogP contribution is -2.45. The number of thioether (sulfide) groups is 1. The largest absolute Gasteiger partial charge is 0.399 e. The van der Waals surface area contributed by atoms with Gasteiger partial charge in [0.15, 0.2) is 4.32 Å². The molecule has 7 heteroatoms. The highest BCUT2D eigenvalue weighted by atomic mass is 32.2. The second-order valence-electron chi connectivity index (χ2n) is 3.35. The van der Waals surface area contributed by atoms with E-state index >= 15 is 0 Å². The highest BCUT2D eigenvalue weighted by molar-refractivity contribution is 8.23. The van der Waals surface area contributed by atoms with Crippen molar-refractivity contribution in [3.63, 3.8) is 0 Å². The van der Waals surface area contributed by atoms with Crippen LogP contribution in [0.3, 0.4) is 0 Å². The zero-order chi connectivity index (χ0) is 12.4. The number of anilines is 1. The molecule has 17 heavy (non-hydrogen) atoms. The molecule has 0 aromatic heterocycles. The molecule has 2 amide bonds. The molecule has 0 aliphatic carbocycles. The zero-order valence-electron chi connectivity index (χ0n) is 8.67. The van der Waals surface area contributed by atoms with E-state index in [0.29, 0.717) is 15.6 Å². The Morgan fingerprint density at radius 2 is 2.06 bits per heavy atom. The molecule has 0 saturated carbocycles. The Labute approximate surface area is 107 Å². The molecule has 1 aliphatic heterocycles. The highest BCUT2D eigenvalue weighted by Gasteiger charge is 2.28. The van der Waals surface area contributed by atoms with Gasteiger partial charge in [-0.05, 0) is 24.3 Å². The number of nitrogens with two attached hydrogens (primary N) is 1. The van der Waals surface area contributed by atoms with Crippen LogP contribution in [0, 0.1) is 0 Å². The molecule has 0 spiro atoms. The first kappa shape index (κ1) is 11.9. The summed E-state index contributed by atoms with van der Waals surface area (Å²) in [7, 11) is 0. The van der Waals surface area contributed by atoms with Gasteiger partial charge < -0.3 is 5.73 Å². The minimum absolute atomic E-state index is 0.219. The van der Waals surface area contributed by atoms with Gasteiger partial charge in [0, 0.05) is 11.3 Å². The first-order valence-electron chi connectivity index (χ1n) is 4.74. The van der Waals surface area contributed by atoms with Crippen molar-refractivity contribution in [2.45, 2.75) is 0 Å². The van der Waals surface area contributed by atoms with Gasteiger partial charge in [0.05, 0.1) is 5.75 Å². The Morgan fingerprint density at radius 3 is 2.59 bits per heavy atom. The van der Waals surface area contributed by atoms with Gasteiger partial charge in [-0.2, -0.15) is 0 Å². The molecule has 3 N–H and O–H groups in total. The molecule has 1 aliphatic rings. The standard InChI is InChI=1S/C10H9N3O2S2/c11-7-3-1-6(2-4-7)9(15)12-13-8(14)5-17-10(13)16/h1-4H,5,11H2,(H,12,15). The van der Waals surface area contributed by atoms with Crippen LogP contribution in [0.1, 0.15) is 10.4 Å². The van der Waals surface area contributed by atoms with Crippen LogP contribution in [0.4, 0.5) is 5.69 Å². The first-order valence-corrected chi connectivity index (χ1v) is 6.13. The van der Waals surface area contributed by atoms with E-state index in [9.17, 15) is 9.59 Å². The van der Waals surface area contributed by atoms with Crippen LogP contribution in [0.25, 0.3) is 0 Å². The summed E-state index contributed by atoms with van der Waals surface area (Å²) in [5.74, 6) is -0.340. The average Bonchev–Trinajstić information content (AvgIpc) is 2.61. The van der Waals surface area contributed by atoms with Gasteiger partial charge in [0.25, 0.3) is 11.8 Å². The molecule has 88 valence electrons. The van der Waals surface area contributed by atoms with Gasteiger partial charge in [0.1, 0.15) is 0 Å². The van der Waals surface area contributed by atoms with Crippen LogP contribution in [0.2, 0.25) is 0 Å². The maximum Gasteiger partial charge on any atom is 0.270 e. The van der Waals surface area contributed by atoms with E-state index in [1.54, 1.807) is 24.3 Å². The topological polar surface area (TPSA) is 75.4 Å². The molecule has 1 aromatic carbocycles. The Bertz CT molecular complexity index is 471. The molecule has 1 saturated heterocycles. The second kappa shape index (κ2) is 4.72. The summed E-state index contributed by atoms with van der Waals surface area (Å²) in [5, 5.41) is 1.10. The fraction of sp³-hybridized carbons (Fsp3) is 0.100. The number of rotatable bonds is 2. The Hall–Kier alpha value is -1.60. The number of thiocarbonyl (C=S) groups is 1. The lowest BCUT2D eigenvalue weighted by atomic mass is 10.2. The Morgan fingerprint density at radius 1 is 1.41 bits per heavy atom. The van der Waals surface area contributed by atoms with E-state index in [2.05, 4.69) is 5.43 Å². The molecule has 1 aromatic rings. The van der Waals surface area contributed by atoms with E-state index in [0.717, 1.165) is 5.01 Å². The number of hydrogen-bond acceptors (Lipinski definition) is 5. The van der Waals surface area contributed by atoms with Crippen LogP contribution in [-0.2, 0) is 4.79 Å². The van der Waals surface area contributed by atoms with Crippen LogP contribution in [0.5, 0.6) is 0 Å². The first-order chi connectivity index (χ1) is 8.08. The number of hydrazine groups is 1. The predicted octanol–water partition coefficient (Wildman–Crippen LogP) is 0.774. The van der Waals surface area contributed by atoms with Crippen molar-refractivity contribution in [2.75, 3.05) is 11.5 Å². The third-order valence-electron chi connectivity index (χ3n) is 2.14. The summed E-state index contributed by atoms with van der Waals surface area (Å²) < 4.78 is 0.360. The van der Waals surface area contributed by atoms with Crippen LogP contribution in [-0.4, -0.2) is 26.9 Å². The number of carbonyl (C=O) groups excluding carboxylic acids is 2. The summed E-state index contributed by atoms with van der Waals surface area (Å²) in [6, 6.07) is 6.41. The third kappa shape index (κ3) is 2.56. The van der Waals surface area contributed by atoms with Crippen molar-refractivity contribution < 1.29 is 9.59 Å². The molecular formula is C10H9N3O2S2. The number of hydrogen-bond donors (Lipinski definition) is 2. The van der Waals surface area contributed by atoms with Crippen molar-refractivity contribution in [3.8, 4) is 0 Å². The van der Waals surface area contributed by atoms with Gasteiger partial charge in [-0.1, -0.05) is 24.0 Å². The number of benzene rings is 1. The molecule has 0 atom stereocenters. The van der Waals surface area contributed by atoms with Crippen LogP contribution >= 0.6 is 24.0 Å². The normalized spacial score (nSPS) is 15.2. The zero-order valence-corrected chi connectivity index (χ0v) is 10.3. The van der Waals surface area contributed by atoms with Gasteiger partial charge in [0.2, 0.25) is 0 Å². The summed E-state index contributed by atoms with van der Waals surface area (Å²) in [4.78, 5) is 23.2. The van der Waals surface area contributed by atoms with Gasteiger partial charge in [-0.25, -0.2) is 5.01 Å². The summed E-state index contributed by atoms with van der Waals surface area (Å²) in [6.07, 6.45) is 0. The van der Waals surface area contributed by atoms with E-state index in [-0.39, 0.29) is 17.6 Å². The molecule has 1 heterocycles. The molecule has 0 unspecified atom stereocenters. The van der Waals surface area contributed by atoms with E-state index in [1.807, 2.05) is 0 Å². The summed E-state index contributed by atoms with van der Waals surface area (Å²) >= 11 is 6.17. The summed E-state index contributed by atoms with van der Waals surface area (Å²) in [6.45, 7) is 0. The highest BCUT2D eigenvalue weighted by Crippen LogP contribution is 2.17. The smallest absolute Gasteiger partial charge is 0.270 e. The van der Waals surface area contributed by atoms with Gasteiger partial charge >= 0.3 is 0 Å². The quantitative estimate of drug-likeness (QED) is 0.611. The van der Waals surface area contributed by atoms with Gasteiger partial charge in [-0.15, -0.1) is 0 Å². The lowest BCUT2D eigenvalue weighted by Gasteiger charge is -2.15. The van der Waals surface area contributed by atoms with E-state index in [4.69, 9.17) is 18.0 Å². The molecule has 2 rings (SSSR count). The SMILES string of the molecule is Nc1ccc(C(=O)NN2C(=O)CSC2=S)cc1. The summed E-state index contributed by atoms with van der Waals surface area (Å²) in [5.41, 5.74) is 8.97. The maximum absolute atomic E-state index is 11.8. The minimum Gasteiger partial charge on any atom is -0.399 e. The monoisotopic (exact) mass is 267 g/mol. The Balaban J connectivity index is 2.09. The van der Waals surface area contributed by atoms with E-state index < -0.39 is 0 Å². The molecule has 5 nitrogen and oxygen atoms in total. The molecule has 0 bridgehead atoms. The maximum atomic E-state index is 11.8. The van der Waals surface area contributed by atoms with Crippen molar-refractivity contribution >= 4 is 45.8 Å². The van der Waals surface area contributed by atoms with Crippen molar-refractivity contribution in [1.82, 2.24) is 10.4 Å². The van der Waals surface area contributed by atoms with Crippen LogP contribution in [0.15, 0.2) is 24.3 Å². The van der Waals surface area contributed by atoms with Crippen molar-refractivity contribution in [3.05, 3.63) is 29.8 Å². The van der Waals surface area contributed by atoms with Crippen molar-refractivity contribution in [2.24, 2.45) is 0 Å². The third-order valence-corrected chi connectivity index (χ3v) is 3.49. The lowest BCUT2D eigenvalue weighted by molar-refractivity contribution is -0.125. The fourth-order valence-corrected chi connectivity index (χ4v) is 2.24.